The van der Waals surface area contributed by atoms with Gasteiger partial charge >= 0.3 is 0 Å². The number of ether oxygens (including phenoxy) is 1. The highest BCUT2D eigenvalue weighted by atomic mass is 79.9. The van der Waals surface area contributed by atoms with Gasteiger partial charge in [0.2, 0.25) is 0 Å². The standard InChI is InChI=1S/C15H14BrNO3/c1-10-8-15(11(2)7-13(10)17(18)19)20-14-6-4-3-5-12(14)9-16/h3-8H,9H2,1-2H3. The summed E-state index contributed by atoms with van der Waals surface area (Å²) in [5, 5.41) is 11.6. The third-order valence-electron chi connectivity index (χ3n) is 3.03. The minimum Gasteiger partial charge on any atom is -0.457 e. The monoisotopic (exact) mass is 335 g/mol. The Balaban J connectivity index is 2.39. The van der Waals surface area contributed by atoms with E-state index in [2.05, 4.69) is 15.9 Å². The fourth-order valence-corrected chi connectivity index (χ4v) is 2.38. The van der Waals surface area contributed by atoms with Crippen LogP contribution in [0.15, 0.2) is 36.4 Å². The Morgan fingerprint density at radius 2 is 1.85 bits per heavy atom. The number of nitro benzene ring substituents is 1. The minimum absolute atomic E-state index is 0.114. The van der Waals surface area contributed by atoms with Crippen molar-refractivity contribution < 1.29 is 9.66 Å². The maximum Gasteiger partial charge on any atom is 0.272 e. The summed E-state index contributed by atoms with van der Waals surface area (Å²) in [6.45, 7) is 3.51. The van der Waals surface area contributed by atoms with Gasteiger partial charge in [0.05, 0.1) is 4.92 Å². The highest BCUT2D eigenvalue weighted by Gasteiger charge is 2.15. The van der Waals surface area contributed by atoms with Gasteiger partial charge in [0, 0.05) is 22.5 Å². The second-order valence-electron chi connectivity index (χ2n) is 4.50. The molecule has 5 heteroatoms. The number of para-hydroxylation sites is 1. The molecule has 0 unspecified atom stereocenters. The number of rotatable bonds is 4. The van der Waals surface area contributed by atoms with Crippen molar-refractivity contribution in [1.29, 1.82) is 0 Å². The van der Waals surface area contributed by atoms with Crippen molar-refractivity contribution in [2.24, 2.45) is 0 Å². The van der Waals surface area contributed by atoms with Crippen molar-refractivity contribution in [3.05, 3.63) is 63.2 Å². The second kappa shape index (κ2) is 6.05. The molecule has 0 spiro atoms. The van der Waals surface area contributed by atoms with Gasteiger partial charge in [-0.3, -0.25) is 10.1 Å². The fourth-order valence-electron chi connectivity index (χ4n) is 1.91. The van der Waals surface area contributed by atoms with Crippen LogP contribution in [-0.4, -0.2) is 4.92 Å². The molecule has 0 amide bonds. The van der Waals surface area contributed by atoms with Crippen molar-refractivity contribution in [2.45, 2.75) is 19.2 Å². The van der Waals surface area contributed by atoms with E-state index in [0.29, 0.717) is 16.6 Å². The number of benzene rings is 2. The highest BCUT2D eigenvalue weighted by molar-refractivity contribution is 9.08. The second-order valence-corrected chi connectivity index (χ2v) is 5.07. The summed E-state index contributed by atoms with van der Waals surface area (Å²) in [6.07, 6.45) is 0. The number of hydrogen-bond acceptors (Lipinski definition) is 3. The van der Waals surface area contributed by atoms with Crippen LogP contribution < -0.4 is 4.74 Å². The normalized spacial score (nSPS) is 10.3. The zero-order chi connectivity index (χ0) is 14.7. The van der Waals surface area contributed by atoms with Gasteiger partial charge in [-0.05, 0) is 31.5 Å². The molecule has 0 radical (unpaired) electrons. The third kappa shape index (κ3) is 2.99. The molecule has 0 aliphatic rings. The van der Waals surface area contributed by atoms with Crippen LogP contribution in [0, 0.1) is 24.0 Å². The molecule has 4 nitrogen and oxygen atoms in total. The van der Waals surface area contributed by atoms with Crippen LogP contribution in [0.2, 0.25) is 0 Å². The molecule has 0 aliphatic carbocycles. The Bertz CT molecular complexity index is 656. The molecule has 0 bridgehead atoms. The lowest BCUT2D eigenvalue weighted by molar-refractivity contribution is -0.385. The van der Waals surface area contributed by atoms with E-state index in [4.69, 9.17) is 4.74 Å². The van der Waals surface area contributed by atoms with Crippen LogP contribution in [0.5, 0.6) is 11.5 Å². The average molecular weight is 336 g/mol. The zero-order valence-electron chi connectivity index (χ0n) is 11.2. The van der Waals surface area contributed by atoms with Gasteiger partial charge in [-0.25, -0.2) is 0 Å². The van der Waals surface area contributed by atoms with Crippen molar-refractivity contribution >= 4 is 21.6 Å². The zero-order valence-corrected chi connectivity index (χ0v) is 12.8. The number of nitrogens with zero attached hydrogens (tertiary/aromatic N) is 1. The molecule has 2 aromatic rings. The molecular formula is C15H14BrNO3. The lowest BCUT2D eigenvalue weighted by Crippen LogP contribution is -1.96. The van der Waals surface area contributed by atoms with Gasteiger partial charge in [0.15, 0.2) is 0 Å². The molecule has 0 saturated carbocycles. The molecule has 20 heavy (non-hydrogen) atoms. The minimum atomic E-state index is -0.376. The lowest BCUT2D eigenvalue weighted by atomic mass is 10.1. The molecule has 2 rings (SSSR count). The van der Waals surface area contributed by atoms with E-state index >= 15 is 0 Å². The number of aryl methyl sites for hydroxylation is 2. The average Bonchev–Trinajstić information content (AvgIpc) is 2.42. The topological polar surface area (TPSA) is 52.4 Å². The van der Waals surface area contributed by atoms with Crippen LogP contribution in [0.1, 0.15) is 16.7 Å². The molecule has 2 aromatic carbocycles. The Morgan fingerprint density at radius 1 is 1.15 bits per heavy atom. The van der Waals surface area contributed by atoms with Gasteiger partial charge in [-0.1, -0.05) is 34.1 Å². The number of nitro groups is 1. The molecular weight excluding hydrogens is 322 g/mol. The van der Waals surface area contributed by atoms with E-state index in [9.17, 15) is 10.1 Å². The number of alkyl halides is 1. The fraction of sp³-hybridized carbons (Fsp3) is 0.200. The van der Waals surface area contributed by atoms with Crippen molar-refractivity contribution in [1.82, 2.24) is 0 Å². The van der Waals surface area contributed by atoms with E-state index in [1.54, 1.807) is 26.0 Å². The highest BCUT2D eigenvalue weighted by Crippen LogP contribution is 2.33. The maximum absolute atomic E-state index is 10.9. The summed E-state index contributed by atoms with van der Waals surface area (Å²) in [4.78, 5) is 10.5. The summed E-state index contributed by atoms with van der Waals surface area (Å²) < 4.78 is 5.89. The van der Waals surface area contributed by atoms with Crippen molar-refractivity contribution in [3.8, 4) is 11.5 Å². The first-order chi connectivity index (χ1) is 9.52. The summed E-state index contributed by atoms with van der Waals surface area (Å²) in [7, 11) is 0. The van der Waals surface area contributed by atoms with Gasteiger partial charge < -0.3 is 4.74 Å². The Hall–Kier alpha value is -1.88. The van der Waals surface area contributed by atoms with E-state index in [1.165, 1.54) is 0 Å². The number of hydrogen-bond donors (Lipinski definition) is 0. The summed E-state index contributed by atoms with van der Waals surface area (Å²) in [5.41, 5.74) is 2.48. The predicted octanol–water partition coefficient (Wildman–Crippen LogP) is 4.90. The molecule has 0 fully saturated rings. The van der Waals surface area contributed by atoms with Crippen molar-refractivity contribution in [3.63, 3.8) is 0 Å². The van der Waals surface area contributed by atoms with E-state index in [0.717, 1.165) is 16.9 Å². The summed E-state index contributed by atoms with van der Waals surface area (Å²) >= 11 is 3.42. The molecule has 0 heterocycles. The van der Waals surface area contributed by atoms with Crippen LogP contribution in [-0.2, 0) is 5.33 Å². The quantitative estimate of drug-likeness (QED) is 0.453. The SMILES string of the molecule is Cc1cc([N+](=O)[O-])c(C)cc1Oc1ccccc1CBr. The largest absolute Gasteiger partial charge is 0.457 e. The van der Waals surface area contributed by atoms with Crippen LogP contribution in [0.3, 0.4) is 0 Å². The smallest absolute Gasteiger partial charge is 0.272 e. The van der Waals surface area contributed by atoms with Gasteiger partial charge in [-0.2, -0.15) is 0 Å². The third-order valence-corrected chi connectivity index (χ3v) is 3.63. The first-order valence-electron chi connectivity index (χ1n) is 6.10. The molecule has 0 aliphatic heterocycles. The first-order valence-corrected chi connectivity index (χ1v) is 7.22. The lowest BCUT2D eigenvalue weighted by Gasteiger charge is -2.12. The van der Waals surface area contributed by atoms with E-state index in [-0.39, 0.29) is 10.6 Å². The van der Waals surface area contributed by atoms with Gasteiger partial charge in [0.1, 0.15) is 11.5 Å². The maximum atomic E-state index is 10.9. The van der Waals surface area contributed by atoms with Crippen LogP contribution in [0.25, 0.3) is 0 Å². The predicted molar refractivity (Wildman–Crippen MR) is 81.7 cm³/mol. The molecule has 104 valence electrons. The van der Waals surface area contributed by atoms with E-state index in [1.807, 2.05) is 24.3 Å². The Labute approximate surface area is 125 Å². The Morgan fingerprint density at radius 3 is 2.50 bits per heavy atom. The molecule has 0 saturated heterocycles. The molecule has 0 atom stereocenters. The van der Waals surface area contributed by atoms with Gasteiger partial charge in [0.25, 0.3) is 5.69 Å². The summed E-state index contributed by atoms with van der Waals surface area (Å²) in [6, 6.07) is 10.9. The van der Waals surface area contributed by atoms with E-state index < -0.39 is 0 Å². The van der Waals surface area contributed by atoms with Crippen LogP contribution >= 0.6 is 15.9 Å². The molecule has 0 N–H and O–H groups in total. The number of halogens is 1. The first kappa shape index (κ1) is 14.5. The van der Waals surface area contributed by atoms with Crippen molar-refractivity contribution in [2.75, 3.05) is 0 Å². The summed E-state index contributed by atoms with van der Waals surface area (Å²) in [5.74, 6) is 1.39. The van der Waals surface area contributed by atoms with Gasteiger partial charge in [-0.15, -0.1) is 0 Å². The Kier molecular flexibility index (Phi) is 4.39. The molecule has 0 aromatic heterocycles. The van der Waals surface area contributed by atoms with Crippen LogP contribution in [0.4, 0.5) is 5.69 Å².